The molecule has 0 aliphatic carbocycles. The molecule has 0 N–H and O–H groups in total. The van der Waals surface area contributed by atoms with Gasteiger partial charge in [-0.2, -0.15) is 0 Å². The van der Waals surface area contributed by atoms with Crippen LogP contribution in [-0.2, 0) is 17.4 Å². The van der Waals surface area contributed by atoms with E-state index in [0.717, 1.165) is 6.16 Å². The maximum absolute atomic E-state index is 9.88. The average Bonchev–Trinajstić information content (AvgIpc) is 2.65. The van der Waals surface area contributed by atoms with E-state index in [1.807, 2.05) is 0 Å². The summed E-state index contributed by atoms with van der Waals surface area (Å²) in [5.74, 6) is 0. The van der Waals surface area contributed by atoms with Gasteiger partial charge in [0, 0.05) is 0 Å². The zero-order valence-corrected chi connectivity index (χ0v) is 18.0. The first-order chi connectivity index (χ1) is 12.1. The van der Waals surface area contributed by atoms with Crippen LogP contribution < -0.4 is 15.9 Å². The molecule has 3 aromatic rings. The molecular formula is C20H20F3PZn. The molecule has 0 heterocycles. The summed E-state index contributed by atoms with van der Waals surface area (Å²) < 4.78 is 29.6. The summed E-state index contributed by atoms with van der Waals surface area (Å²) in [4.78, 5) is 0. The molecule has 3 aromatic carbocycles. The third-order valence-electron chi connectivity index (χ3n) is 4.07. The minimum absolute atomic E-state index is 1.14. The number of hydrogen-bond donors (Lipinski definition) is 0. The topological polar surface area (TPSA) is 0 Å². The average molecular weight is 414 g/mol. The molecule has 0 spiro atoms. The van der Waals surface area contributed by atoms with E-state index in [-0.39, 0.29) is 0 Å². The van der Waals surface area contributed by atoms with Crippen molar-refractivity contribution in [3.8, 4) is 0 Å². The van der Waals surface area contributed by atoms with Gasteiger partial charge in [-0.1, -0.05) is 54.6 Å². The van der Waals surface area contributed by atoms with Crippen LogP contribution in [0.1, 0.15) is 6.92 Å². The molecule has 0 radical (unpaired) electrons. The van der Waals surface area contributed by atoms with Gasteiger partial charge in [0.25, 0.3) is 0 Å². The predicted molar refractivity (Wildman–Crippen MR) is 99.0 cm³/mol. The molecule has 0 saturated heterocycles. The van der Waals surface area contributed by atoms with Gasteiger partial charge in [-0.3, -0.25) is 0 Å². The Morgan fingerprint density at radius 3 is 1.04 bits per heavy atom. The molecule has 0 amide bonds. The summed E-state index contributed by atoms with van der Waals surface area (Å²) in [6.07, 6.45) is 1.14. The summed E-state index contributed by atoms with van der Waals surface area (Å²) in [5.41, 5.74) is 0. The molecule has 3 rings (SSSR count). The van der Waals surface area contributed by atoms with E-state index in [0.29, 0.717) is 0 Å². The third kappa shape index (κ3) is 5.00. The molecule has 0 bridgehead atoms. The van der Waals surface area contributed by atoms with Gasteiger partial charge in [-0.15, -0.1) is 0 Å². The molecule has 0 atom stereocenters. The van der Waals surface area contributed by atoms with E-state index < -0.39 is 24.7 Å². The molecule has 25 heavy (non-hydrogen) atoms. The Hall–Kier alpha value is -1.50. The van der Waals surface area contributed by atoms with Gasteiger partial charge in [0.05, 0.1) is 6.16 Å². The predicted octanol–water partition coefficient (Wildman–Crippen LogP) is 5.26. The summed E-state index contributed by atoms with van der Waals surface area (Å²) >= 11 is -5.12. The van der Waals surface area contributed by atoms with Crippen molar-refractivity contribution in [2.45, 2.75) is 6.92 Å². The standard InChI is InChI=1S/C20H20P.3FH.Zn/c1-2-21(18-12-6-3-7-13-18,19-14-8-4-9-15-19)20-16-10-5-11-17-20;;;;/h3-17H,2H2,1H3;3*1H;/q+1;;;;+2/p-3. The summed E-state index contributed by atoms with van der Waals surface area (Å²) in [6, 6.07) is 33.0. The molecule has 0 aliphatic heterocycles. The van der Waals surface area contributed by atoms with Crippen LogP contribution in [0.15, 0.2) is 91.0 Å². The van der Waals surface area contributed by atoms with Crippen molar-refractivity contribution in [3.05, 3.63) is 91.0 Å². The van der Waals surface area contributed by atoms with E-state index in [9.17, 15) is 9.95 Å². The number of benzene rings is 3. The van der Waals surface area contributed by atoms with Crippen LogP contribution in [0.25, 0.3) is 0 Å². The third-order valence-corrected chi connectivity index (χ3v) is 8.55. The zero-order valence-electron chi connectivity index (χ0n) is 14.2. The summed E-state index contributed by atoms with van der Waals surface area (Å²) in [5, 5.41) is 4.39. The van der Waals surface area contributed by atoms with Gasteiger partial charge in [0.1, 0.15) is 23.2 Å². The second-order valence-electron chi connectivity index (χ2n) is 5.44. The normalized spacial score (nSPS) is 10.6. The monoisotopic (exact) mass is 412 g/mol. The first-order valence-electron chi connectivity index (χ1n) is 8.23. The first kappa shape index (κ1) is 19.8. The van der Waals surface area contributed by atoms with Gasteiger partial charge < -0.3 is 0 Å². The summed E-state index contributed by atoms with van der Waals surface area (Å²) in [6.45, 7) is 2.32. The second kappa shape index (κ2) is 9.85. The van der Waals surface area contributed by atoms with Gasteiger partial charge in [-0.25, -0.2) is 0 Å². The van der Waals surface area contributed by atoms with Gasteiger partial charge >= 0.3 is 27.4 Å². The SMILES string of the molecule is CC[P+](c1ccccc1)(c1ccccc1)c1ccccc1.[F][Zn-]([F])[F]. The van der Waals surface area contributed by atoms with Crippen molar-refractivity contribution < 1.29 is 27.4 Å². The quantitative estimate of drug-likeness (QED) is 0.404. The Labute approximate surface area is 154 Å². The van der Waals surface area contributed by atoms with Crippen molar-refractivity contribution >= 4 is 23.2 Å². The van der Waals surface area contributed by atoms with Crippen LogP contribution in [-0.4, -0.2) is 6.16 Å². The van der Waals surface area contributed by atoms with Crippen LogP contribution in [0.5, 0.6) is 0 Å². The molecule has 0 aromatic heterocycles. The Kier molecular flexibility index (Phi) is 7.81. The van der Waals surface area contributed by atoms with E-state index in [1.165, 1.54) is 15.9 Å². The van der Waals surface area contributed by atoms with E-state index in [4.69, 9.17) is 0 Å². The molecule has 5 heteroatoms. The van der Waals surface area contributed by atoms with Gasteiger partial charge in [0.2, 0.25) is 0 Å². The molecule has 0 saturated carbocycles. The molecule has 0 fully saturated rings. The Bertz CT molecular complexity index is 637. The van der Waals surface area contributed by atoms with Crippen LogP contribution in [0.3, 0.4) is 0 Å². The second-order valence-corrected chi connectivity index (χ2v) is 10.5. The van der Waals surface area contributed by atoms with E-state index >= 15 is 0 Å². The Balaban J connectivity index is 0.000000511. The minimum atomic E-state index is -5.12. The maximum atomic E-state index is 9.88. The van der Waals surface area contributed by atoms with Gasteiger partial charge in [-0.05, 0) is 43.3 Å². The van der Waals surface area contributed by atoms with Crippen LogP contribution in [0.2, 0.25) is 0 Å². The van der Waals surface area contributed by atoms with Gasteiger partial charge in [0.15, 0.2) is 0 Å². The Morgan fingerprint density at radius 2 is 0.840 bits per heavy atom. The van der Waals surface area contributed by atoms with Crippen molar-refractivity contribution in [3.63, 3.8) is 0 Å². The molecular weight excluding hydrogens is 394 g/mol. The van der Waals surface area contributed by atoms with Crippen LogP contribution in [0.4, 0.5) is 9.95 Å². The number of rotatable bonds is 4. The Morgan fingerprint density at radius 1 is 0.600 bits per heavy atom. The van der Waals surface area contributed by atoms with Crippen molar-refractivity contribution in [1.29, 1.82) is 0 Å². The zero-order chi connectivity index (χ0) is 18.1. The van der Waals surface area contributed by atoms with E-state index in [2.05, 4.69) is 97.9 Å². The van der Waals surface area contributed by atoms with Crippen molar-refractivity contribution in [1.82, 2.24) is 0 Å². The van der Waals surface area contributed by atoms with Crippen molar-refractivity contribution in [2.75, 3.05) is 6.16 Å². The van der Waals surface area contributed by atoms with Crippen LogP contribution >= 0.6 is 7.26 Å². The van der Waals surface area contributed by atoms with Crippen molar-refractivity contribution in [2.24, 2.45) is 0 Å². The number of hydrogen-bond acceptors (Lipinski definition) is 0. The first-order valence-corrected chi connectivity index (χ1v) is 13.6. The molecule has 0 nitrogen and oxygen atoms in total. The van der Waals surface area contributed by atoms with Crippen LogP contribution in [0, 0.1) is 0 Å². The van der Waals surface area contributed by atoms with E-state index in [1.54, 1.807) is 0 Å². The fourth-order valence-corrected chi connectivity index (χ4v) is 7.08. The molecule has 0 aliphatic rings. The molecule has 0 unspecified atom stereocenters. The fraction of sp³-hybridized carbons (Fsp3) is 0.100. The summed E-state index contributed by atoms with van der Waals surface area (Å²) in [7, 11) is -1.53. The number of halogens is 3. The molecule has 128 valence electrons. The fourth-order valence-electron chi connectivity index (χ4n) is 3.04.